The Labute approximate surface area is 134 Å². The van der Waals surface area contributed by atoms with Crippen molar-refractivity contribution in [3.05, 3.63) is 51.2 Å². The number of anilines is 1. The van der Waals surface area contributed by atoms with Crippen molar-refractivity contribution in [3.8, 4) is 0 Å². The Hall–Kier alpha value is -1.52. The predicted octanol–water partition coefficient (Wildman–Crippen LogP) is 5.41. The van der Waals surface area contributed by atoms with Crippen molar-refractivity contribution in [2.24, 2.45) is 0 Å². The molecule has 3 nitrogen and oxygen atoms in total. The number of nitrogens with one attached hydrogen (secondary N) is 2. The first-order valence-electron chi connectivity index (χ1n) is 6.88. The Morgan fingerprint density at radius 2 is 1.76 bits per heavy atom. The molecule has 2 amide bonds. The summed E-state index contributed by atoms with van der Waals surface area (Å²) in [5, 5.41) is 5.73. The SMILES string of the molecule is CC(C)c1ccc(NC(=O)N[C@H](C)c2ccc(Cl)s2)cc1. The van der Waals surface area contributed by atoms with Crippen LogP contribution in [-0.2, 0) is 0 Å². The lowest BCUT2D eigenvalue weighted by Crippen LogP contribution is -2.30. The van der Waals surface area contributed by atoms with E-state index >= 15 is 0 Å². The van der Waals surface area contributed by atoms with Gasteiger partial charge in [0.25, 0.3) is 0 Å². The number of urea groups is 1. The molecule has 2 aromatic rings. The van der Waals surface area contributed by atoms with Crippen LogP contribution in [0.5, 0.6) is 0 Å². The second-order valence-electron chi connectivity index (χ2n) is 5.24. The third-order valence-electron chi connectivity index (χ3n) is 3.20. The first-order valence-corrected chi connectivity index (χ1v) is 8.08. The van der Waals surface area contributed by atoms with Crippen molar-refractivity contribution in [1.29, 1.82) is 0 Å². The smallest absolute Gasteiger partial charge is 0.319 e. The second kappa shape index (κ2) is 6.96. The van der Waals surface area contributed by atoms with Crippen molar-refractivity contribution >= 4 is 34.7 Å². The third-order valence-corrected chi connectivity index (χ3v) is 4.62. The van der Waals surface area contributed by atoms with E-state index < -0.39 is 0 Å². The molecular weight excluding hydrogens is 304 g/mol. The lowest BCUT2D eigenvalue weighted by molar-refractivity contribution is 0.249. The van der Waals surface area contributed by atoms with Crippen LogP contribution in [0.2, 0.25) is 4.34 Å². The summed E-state index contributed by atoms with van der Waals surface area (Å²) >= 11 is 7.37. The summed E-state index contributed by atoms with van der Waals surface area (Å²) < 4.78 is 0.725. The molecule has 0 radical (unpaired) electrons. The van der Waals surface area contributed by atoms with Gasteiger partial charge in [-0.3, -0.25) is 0 Å². The molecule has 112 valence electrons. The van der Waals surface area contributed by atoms with E-state index in [0.717, 1.165) is 14.9 Å². The van der Waals surface area contributed by atoms with E-state index in [2.05, 4.69) is 24.5 Å². The van der Waals surface area contributed by atoms with Gasteiger partial charge in [0.1, 0.15) is 0 Å². The van der Waals surface area contributed by atoms with Gasteiger partial charge in [-0.25, -0.2) is 4.79 Å². The maximum Gasteiger partial charge on any atom is 0.319 e. The number of hydrogen-bond donors (Lipinski definition) is 2. The molecule has 2 N–H and O–H groups in total. The number of carbonyl (C=O) groups excluding carboxylic acids is 1. The van der Waals surface area contributed by atoms with Gasteiger partial charge in [-0.1, -0.05) is 37.6 Å². The summed E-state index contributed by atoms with van der Waals surface area (Å²) in [6, 6.07) is 11.4. The molecule has 0 spiro atoms. The maximum absolute atomic E-state index is 12.0. The van der Waals surface area contributed by atoms with E-state index in [-0.39, 0.29) is 12.1 Å². The summed E-state index contributed by atoms with van der Waals surface area (Å²) in [5.74, 6) is 0.483. The zero-order valence-corrected chi connectivity index (χ0v) is 13.9. The highest BCUT2D eigenvalue weighted by Gasteiger charge is 2.11. The molecule has 1 aromatic heterocycles. The van der Waals surface area contributed by atoms with E-state index in [1.54, 1.807) is 0 Å². The van der Waals surface area contributed by atoms with Crippen LogP contribution in [0.25, 0.3) is 0 Å². The Kier molecular flexibility index (Phi) is 5.26. The minimum atomic E-state index is -0.218. The van der Waals surface area contributed by atoms with Crippen molar-refractivity contribution in [3.63, 3.8) is 0 Å². The highest BCUT2D eigenvalue weighted by atomic mass is 35.5. The van der Waals surface area contributed by atoms with Crippen LogP contribution < -0.4 is 10.6 Å². The van der Waals surface area contributed by atoms with Gasteiger partial charge in [0, 0.05) is 10.6 Å². The van der Waals surface area contributed by atoms with Gasteiger partial charge in [-0.05, 0) is 42.7 Å². The molecule has 1 heterocycles. The average molecular weight is 323 g/mol. The highest BCUT2D eigenvalue weighted by molar-refractivity contribution is 7.16. The minimum absolute atomic E-state index is 0.0718. The fraction of sp³-hybridized carbons (Fsp3) is 0.312. The third kappa shape index (κ3) is 4.48. The lowest BCUT2D eigenvalue weighted by atomic mass is 10.0. The van der Waals surface area contributed by atoms with Crippen molar-refractivity contribution in [2.75, 3.05) is 5.32 Å². The van der Waals surface area contributed by atoms with Crippen LogP contribution in [-0.4, -0.2) is 6.03 Å². The Balaban J connectivity index is 1.92. The van der Waals surface area contributed by atoms with Gasteiger partial charge in [0.05, 0.1) is 10.4 Å². The fourth-order valence-corrected chi connectivity index (χ4v) is 3.01. The molecule has 1 aromatic carbocycles. The molecular formula is C16H19ClN2OS. The summed E-state index contributed by atoms with van der Waals surface area (Å²) in [4.78, 5) is 13.0. The van der Waals surface area contributed by atoms with Crippen LogP contribution in [0.3, 0.4) is 0 Å². The van der Waals surface area contributed by atoms with E-state index in [0.29, 0.717) is 5.92 Å². The number of thiophene rings is 1. The molecule has 1 atom stereocenters. The Morgan fingerprint density at radius 3 is 2.29 bits per heavy atom. The summed E-state index contributed by atoms with van der Waals surface area (Å²) in [6.07, 6.45) is 0. The molecule has 21 heavy (non-hydrogen) atoms. The molecule has 0 bridgehead atoms. The quantitative estimate of drug-likeness (QED) is 0.776. The molecule has 5 heteroatoms. The molecule has 2 rings (SSSR count). The van der Waals surface area contributed by atoms with E-state index in [1.807, 2.05) is 43.3 Å². The number of benzene rings is 1. The number of halogens is 1. The number of carbonyl (C=O) groups is 1. The molecule has 0 saturated carbocycles. The predicted molar refractivity (Wildman–Crippen MR) is 90.4 cm³/mol. The molecule has 0 saturated heterocycles. The van der Waals surface area contributed by atoms with E-state index in [1.165, 1.54) is 16.9 Å². The van der Waals surface area contributed by atoms with Gasteiger partial charge in [0.15, 0.2) is 0 Å². The number of amides is 2. The van der Waals surface area contributed by atoms with E-state index in [9.17, 15) is 4.79 Å². The van der Waals surface area contributed by atoms with Crippen molar-refractivity contribution in [1.82, 2.24) is 5.32 Å². The normalized spacial score (nSPS) is 12.2. The van der Waals surface area contributed by atoms with Crippen LogP contribution >= 0.6 is 22.9 Å². The summed E-state index contributed by atoms with van der Waals surface area (Å²) in [6.45, 7) is 6.22. The first kappa shape index (κ1) is 15.9. The molecule has 0 aliphatic carbocycles. The lowest BCUT2D eigenvalue weighted by Gasteiger charge is -2.13. The van der Waals surface area contributed by atoms with Crippen LogP contribution in [0.4, 0.5) is 10.5 Å². The van der Waals surface area contributed by atoms with Gasteiger partial charge in [-0.15, -0.1) is 11.3 Å². The highest BCUT2D eigenvalue weighted by Crippen LogP contribution is 2.26. The van der Waals surface area contributed by atoms with Gasteiger partial charge < -0.3 is 10.6 Å². The van der Waals surface area contributed by atoms with Gasteiger partial charge in [0.2, 0.25) is 0 Å². The number of hydrogen-bond acceptors (Lipinski definition) is 2. The van der Waals surface area contributed by atoms with Gasteiger partial charge >= 0.3 is 6.03 Å². The van der Waals surface area contributed by atoms with Crippen molar-refractivity contribution in [2.45, 2.75) is 32.7 Å². The standard InChI is InChI=1S/C16H19ClN2OS/c1-10(2)12-4-6-13(7-5-12)19-16(20)18-11(3)14-8-9-15(17)21-14/h4-11H,1-3H3,(H2,18,19,20)/t11-/m1/s1. The average Bonchev–Trinajstić information content (AvgIpc) is 2.86. The summed E-state index contributed by atoms with van der Waals surface area (Å²) in [5.41, 5.74) is 2.04. The fourth-order valence-electron chi connectivity index (χ4n) is 1.95. The largest absolute Gasteiger partial charge is 0.331 e. The van der Waals surface area contributed by atoms with E-state index in [4.69, 9.17) is 11.6 Å². The Morgan fingerprint density at radius 1 is 1.10 bits per heavy atom. The van der Waals surface area contributed by atoms with Crippen molar-refractivity contribution < 1.29 is 4.79 Å². The monoisotopic (exact) mass is 322 g/mol. The molecule has 0 aliphatic rings. The topological polar surface area (TPSA) is 41.1 Å². The van der Waals surface area contributed by atoms with Crippen LogP contribution in [0.15, 0.2) is 36.4 Å². The zero-order valence-electron chi connectivity index (χ0n) is 12.3. The zero-order chi connectivity index (χ0) is 15.4. The Bertz CT molecular complexity index is 607. The minimum Gasteiger partial charge on any atom is -0.331 e. The second-order valence-corrected chi connectivity index (χ2v) is 6.99. The maximum atomic E-state index is 12.0. The molecule has 0 unspecified atom stereocenters. The first-order chi connectivity index (χ1) is 9.95. The summed E-state index contributed by atoms with van der Waals surface area (Å²) in [7, 11) is 0. The van der Waals surface area contributed by atoms with Crippen LogP contribution in [0.1, 0.15) is 43.2 Å². The van der Waals surface area contributed by atoms with Gasteiger partial charge in [-0.2, -0.15) is 0 Å². The molecule has 0 aliphatic heterocycles. The van der Waals surface area contributed by atoms with Crippen LogP contribution in [0, 0.1) is 0 Å². The number of rotatable bonds is 4. The molecule has 0 fully saturated rings.